The maximum Gasteiger partial charge on any atom is 0.252 e. The number of pyridine rings is 1. The SMILES string of the molecule is COCCn1cc(C(=O)NCC2CCN(S(=O)(=O)c3ccccc3)CC2)ccc1=O. The highest BCUT2D eigenvalue weighted by Gasteiger charge is 2.29. The molecule has 2 aromatic rings. The molecule has 0 bridgehead atoms. The van der Waals surface area contributed by atoms with Gasteiger partial charge in [0.05, 0.1) is 17.1 Å². The Hall–Kier alpha value is -2.49. The van der Waals surface area contributed by atoms with Gasteiger partial charge in [0, 0.05) is 45.6 Å². The van der Waals surface area contributed by atoms with Gasteiger partial charge in [0.15, 0.2) is 0 Å². The molecule has 1 aromatic carbocycles. The molecular formula is C21H27N3O5S. The molecule has 1 amide bonds. The molecule has 1 aromatic heterocycles. The Kier molecular flexibility index (Phi) is 7.41. The molecule has 0 aliphatic carbocycles. The van der Waals surface area contributed by atoms with Crippen molar-refractivity contribution in [1.82, 2.24) is 14.2 Å². The monoisotopic (exact) mass is 433 g/mol. The Morgan fingerprint density at radius 2 is 1.83 bits per heavy atom. The van der Waals surface area contributed by atoms with Crippen LogP contribution in [-0.4, -0.2) is 56.5 Å². The second-order valence-corrected chi connectivity index (χ2v) is 9.25. The summed E-state index contributed by atoms with van der Waals surface area (Å²) in [6, 6.07) is 11.3. The van der Waals surface area contributed by atoms with Crippen LogP contribution in [0.2, 0.25) is 0 Å². The van der Waals surface area contributed by atoms with E-state index in [2.05, 4.69) is 5.32 Å². The van der Waals surface area contributed by atoms with Crippen LogP contribution < -0.4 is 10.9 Å². The number of hydrogen-bond donors (Lipinski definition) is 1. The van der Waals surface area contributed by atoms with Crippen LogP contribution in [0.5, 0.6) is 0 Å². The van der Waals surface area contributed by atoms with Crippen molar-refractivity contribution in [1.29, 1.82) is 0 Å². The van der Waals surface area contributed by atoms with Crippen molar-refractivity contribution >= 4 is 15.9 Å². The fourth-order valence-electron chi connectivity index (χ4n) is 3.46. The van der Waals surface area contributed by atoms with Crippen molar-refractivity contribution in [2.75, 3.05) is 33.4 Å². The largest absolute Gasteiger partial charge is 0.383 e. The van der Waals surface area contributed by atoms with E-state index in [1.165, 1.54) is 27.2 Å². The summed E-state index contributed by atoms with van der Waals surface area (Å²) < 4.78 is 33.3. The molecule has 0 atom stereocenters. The lowest BCUT2D eigenvalue weighted by atomic mass is 9.98. The zero-order valence-electron chi connectivity index (χ0n) is 17.0. The first-order chi connectivity index (χ1) is 14.4. The Bertz CT molecular complexity index is 1010. The maximum atomic E-state index is 12.7. The average molecular weight is 434 g/mol. The van der Waals surface area contributed by atoms with Crippen LogP contribution in [0.4, 0.5) is 0 Å². The van der Waals surface area contributed by atoms with Gasteiger partial charge < -0.3 is 14.6 Å². The third-order valence-electron chi connectivity index (χ3n) is 5.29. The van der Waals surface area contributed by atoms with Gasteiger partial charge in [-0.3, -0.25) is 9.59 Å². The van der Waals surface area contributed by atoms with Crippen molar-refractivity contribution in [2.45, 2.75) is 24.3 Å². The number of benzene rings is 1. The molecule has 0 unspecified atom stereocenters. The third-order valence-corrected chi connectivity index (χ3v) is 7.20. The number of nitrogens with one attached hydrogen (secondary N) is 1. The molecule has 1 saturated heterocycles. The standard InChI is InChI=1S/C21H27N3O5S/c1-29-14-13-23-16-18(7-8-20(23)25)21(26)22-15-17-9-11-24(12-10-17)30(27,28)19-5-3-2-4-6-19/h2-8,16-17H,9-15H2,1H3,(H,22,26). The highest BCUT2D eigenvalue weighted by molar-refractivity contribution is 7.89. The zero-order valence-corrected chi connectivity index (χ0v) is 17.8. The van der Waals surface area contributed by atoms with Crippen LogP contribution in [0.25, 0.3) is 0 Å². The number of piperidine rings is 1. The lowest BCUT2D eigenvalue weighted by Gasteiger charge is -2.31. The van der Waals surface area contributed by atoms with Gasteiger partial charge in [-0.2, -0.15) is 4.31 Å². The van der Waals surface area contributed by atoms with E-state index < -0.39 is 10.0 Å². The normalized spacial score (nSPS) is 15.8. The van der Waals surface area contributed by atoms with Crippen molar-refractivity contribution in [3.63, 3.8) is 0 Å². The van der Waals surface area contributed by atoms with E-state index >= 15 is 0 Å². The summed E-state index contributed by atoms with van der Waals surface area (Å²) in [5.74, 6) is -0.0453. The predicted molar refractivity (Wildman–Crippen MR) is 113 cm³/mol. The zero-order chi connectivity index (χ0) is 21.6. The number of ether oxygens (including phenoxy) is 1. The van der Waals surface area contributed by atoms with E-state index in [-0.39, 0.29) is 17.4 Å². The van der Waals surface area contributed by atoms with E-state index in [1.54, 1.807) is 37.4 Å². The lowest BCUT2D eigenvalue weighted by Crippen LogP contribution is -2.41. The molecule has 1 N–H and O–H groups in total. The molecule has 0 radical (unpaired) electrons. The van der Waals surface area contributed by atoms with Gasteiger partial charge in [-0.05, 0) is 37.0 Å². The van der Waals surface area contributed by atoms with Gasteiger partial charge in [0.25, 0.3) is 11.5 Å². The van der Waals surface area contributed by atoms with Gasteiger partial charge in [0.1, 0.15) is 0 Å². The summed E-state index contributed by atoms with van der Waals surface area (Å²) in [6.45, 7) is 2.09. The summed E-state index contributed by atoms with van der Waals surface area (Å²) >= 11 is 0. The topological polar surface area (TPSA) is 97.7 Å². The first-order valence-electron chi connectivity index (χ1n) is 9.94. The van der Waals surface area contributed by atoms with Crippen LogP contribution in [0.1, 0.15) is 23.2 Å². The van der Waals surface area contributed by atoms with Crippen molar-refractivity contribution in [2.24, 2.45) is 5.92 Å². The minimum Gasteiger partial charge on any atom is -0.383 e. The van der Waals surface area contributed by atoms with Crippen molar-refractivity contribution in [3.05, 3.63) is 64.6 Å². The third kappa shape index (κ3) is 5.35. The number of rotatable bonds is 8. The van der Waals surface area contributed by atoms with Crippen LogP contribution in [0.15, 0.2) is 58.4 Å². The Balaban J connectivity index is 1.52. The quantitative estimate of drug-likeness (QED) is 0.677. The molecule has 1 fully saturated rings. The van der Waals surface area contributed by atoms with E-state index in [9.17, 15) is 18.0 Å². The number of methoxy groups -OCH3 is 1. The highest BCUT2D eigenvalue weighted by Crippen LogP contribution is 2.23. The van der Waals surface area contributed by atoms with Gasteiger partial charge in [-0.1, -0.05) is 18.2 Å². The molecule has 1 aliphatic heterocycles. The number of sulfonamides is 1. The van der Waals surface area contributed by atoms with Gasteiger partial charge in [0.2, 0.25) is 10.0 Å². The minimum absolute atomic E-state index is 0.185. The Labute approximate surface area is 176 Å². The number of hydrogen-bond acceptors (Lipinski definition) is 5. The number of carbonyl (C=O) groups is 1. The number of aromatic nitrogens is 1. The average Bonchev–Trinajstić information content (AvgIpc) is 2.77. The smallest absolute Gasteiger partial charge is 0.252 e. The number of amides is 1. The molecule has 3 rings (SSSR count). The fraction of sp³-hybridized carbons (Fsp3) is 0.429. The second-order valence-electron chi connectivity index (χ2n) is 7.31. The van der Waals surface area contributed by atoms with E-state index in [1.807, 2.05) is 0 Å². The van der Waals surface area contributed by atoms with Crippen LogP contribution in [-0.2, 0) is 21.3 Å². The van der Waals surface area contributed by atoms with Gasteiger partial charge >= 0.3 is 0 Å². The second kappa shape index (κ2) is 10.0. The summed E-state index contributed by atoms with van der Waals surface area (Å²) in [6.07, 6.45) is 2.89. The van der Waals surface area contributed by atoms with Crippen molar-refractivity contribution < 1.29 is 17.9 Å². The van der Waals surface area contributed by atoms with Crippen LogP contribution in [0.3, 0.4) is 0 Å². The Morgan fingerprint density at radius 1 is 1.13 bits per heavy atom. The molecule has 8 nitrogen and oxygen atoms in total. The molecule has 30 heavy (non-hydrogen) atoms. The fourth-order valence-corrected chi connectivity index (χ4v) is 4.96. The van der Waals surface area contributed by atoms with Gasteiger partial charge in [-0.15, -0.1) is 0 Å². The van der Waals surface area contributed by atoms with Crippen LogP contribution in [0, 0.1) is 5.92 Å². The van der Waals surface area contributed by atoms with E-state index in [4.69, 9.17) is 4.74 Å². The summed E-state index contributed by atoms with van der Waals surface area (Å²) in [4.78, 5) is 24.6. The molecule has 9 heteroatoms. The molecule has 2 heterocycles. The van der Waals surface area contributed by atoms with E-state index in [0.717, 1.165) is 0 Å². The first kappa shape index (κ1) is 22.2. The van der Waals surface area contributed by atoms with E-state index in [0.29, 0.717) is 56.1 Å². The number of carbonyl (C=O) groups excluding carboxylic acids is 1. The predicted octanol–water partition coefficient (Wildman–Crippen LogP) is 1.33. The Morgan fingerprint density at radius 3 is 2.50 bits per heavy atom. The molecule has 0 saturated carbocycles. The number of nitrogens with zero attached hydrogens (tertiary/aromatic N) is 2. The van der Waals surface area contributed by atoms with Gasteiger partial charge in [-0.25, -0.2) is 8.42 Å². The summed E-state index contributed by atoms with van der Waals surface area (Å²) in [7, 11) is -1.92. The molecule has 162 valence electrons. The minimum atomic E-state index is -3.47. The lowest BCUT2D eigenvalue weighted by molar-refractivity contribution is 0.0940. The highest BCUT2D eigenvalue weighted by atomic mass is 32.2. The summed E-state index contributed by atoms with van der Waals surface area (Å²) in [5, 5.41) is 2.90. The molecule has 0 spiro atoms. The molecule has 1 aliphatic rings. The van der Waals surface area contributed by atoms with Crippen LogP contribution >= 0.6 is 0 Å². The van der Waals surface area contributed by atoms with Crippen molar-refractivity contribution in [3.8, 4) is 0 Å². The first-order valence-corrected chi connectivity index (χ1v) is 11.4. The molecular weight excluding hydrogens is 406 g/mol. The summed E-state index contributed by atoms with van der Waals surface area (Å²) in [5.41, 5.74) is 0.227. The maximum absolute atomic E-state index is 12.7.